The van der Waals surface area contributed by atoms with Crippen LogP contribution in [-0.2, 0) is 0 Å². The van der Waals surface area contributed by atoms with Crippen LogP contribution in [0, 0.1) is 13.8 Å². The molecule has 0 N–H and O–H groups in total. The van der Waals surface area contributed by atoms with Gasteiger partial charge in [-0.1, -0.05) is 133 Å². The van der Waals surface area contributed by atoms with Gasteiger partial charge in [-0.05, 0) is 120 Å². The van der Waals surface area contributed by atoms with Crippen LogP contribution in [0.15, 0.2) is 182 Å². The van der Waals surface area contributed by atoms with Crippen LogP contribution >= 0.6 is 0 Å². The van der Waals surface area contributed by atoms with Crippen molar-refractivity contribution in [1.29, 1.82) is 0 Å². The Morgan fingerprint density at radius 2 is 0.560 bits per heavy atom. The van der Waals surface area contributed by atoms with Gasteiger partial charge in [0, 0.05) is 34.1 Å². The number of aryl methyl sites for hydroxylation is 2. The van der Waals surface area contributed by atoms with Gasteiger partial charge in [-0.3, -0.25) is 0 Å². The Labute approximate surface area is 296 Å². The minimum Gasteiger partial charge on any atom is -0.311 e. The van der Waals surface area contributed by atoms with Crippen molar-refractivity contribution < 1.29 is 0 Å². The summed E-state index contributed by atoms with van der Waals surface area (Å²) >= 11 is 0. The second-order valence-electron chi connectivity index (χ2n) is 12.4. The van der Waals surface area contributed by atoms with E-state index < -0.39 is 0 Å². The number of nitrogens with zero attached hydrogens (tertiary/aromatic N) is 2. The van der Waals surface area contributed by atoms with Gasteiger partial charge in [0.15, 0.2) is 0 Å². The fraction of sp³-hybridized carbons (Fsp3) is 0.0417. The van der Waals surface area contributed by atoms with Gasteiger partial charge >= 0.3 is 0 Å². The van der Waals surface area contributed by atoms with Gasteiger partial charge in [0.2, 0.25) is 0 Å². The summed E-state index contributed by atoms with van der Waals surface area (Å²) in [7, 11) is 0. The zero-order valence-electron chi connectivity index (χ0n) is 28.5. The predicted molar refractivity (Wildman–Crippen MR) is 216 cm³/mol. The van der Waals surface area contributed by atoms with Crippen molar-refractivity contribution in [2.45, 2.75) is 13.8 Å². The molecule has 0 spiro atoms. The topological polar surface area (TPSA) is 6.48 Å². The molecular formula is C48H40N2. The maximum absolute atomic E-state index is 2.28. The summed E-state index contributed by atoms with van der Waals surface area (Å²) in [4.78, 5) is 4.57. The zero-order valence-corrected chi connectivity index (χ0v) is 28.5. The second kappa shape index (κ2) is 15.2. The lowest BCUT2D eigenvalue weighted by Gasteiger charge is -2.25. The van der Waals surface area contributed by atoms with Gasteiger partial charge in [-0.25, -0.2) is 0 Å². The molecular weight excluding hydrogens is 605 g/mol. The molecule has 0 saturated carbocycles. The summed E-state index contributed by atoms with van der Waals surface area (Å²) in [6.45, 7) is 4.38. The van der Waals surface area contributed by atoms with E-state index in [9.17, 15) is 0 Å². The van der Waals surface area contributed by atoms with Crippen LogP contribution < -0.4 is 9.80 Å². The molecule has 0 saturated heterocycles. The van der Waals surface area contributed by atoms with Gasteiger partial charge in [-0.15, -0.1) is 0 Å². The first-order chi connectivity index (χ1) is 24.6. The highest BCUT2D eigenvalue weighted by Crippen LogP contribution is 2.36. The van der Waals surface area contributed by atoms with Gasteiger partial charge in [-0.2, -0.15) is 0 Å². The lowest BCUT2D eigenvalue weighted by molar-refractivity contribution is 1.28. The highest BCUT2D eigenvalue weighted by atomic mass is 15.1. The van der Waals surface area contributed by atoms with Crippen LogP contribution in [0.5, 0.6) is 0 Å². The summed E-state index contributed by atoms with van der Waals surface area (Å²) in [6.07, 6.45) is 8.85. The normalized spacial score (nSPS) is 11.2. The summed E-state index contributed by atoms with van der Waals surface area (Å²) in [5.41, 5.74) is 14.1. The molecule has 0 fully saturated rings. The Morgan fingerprint density at radius 3 is 0.840 bits per heavy atom. The minimum atomic E-state index is 1.13. The van der Waals surface area contributed by atoms with E-state index in [1.165, 1.54) is 22.3 Å². The quantitative estimate of drug-likeness (QED) is 0.137. The van der Waals surface area contributed by atoms with Crippen LogP contribution in [0.2, 0.25) is 0 Å². The van der Waals surface area contributed by atoms with E-state index in [-0.39, 0.29) is 0 Å². The fourth-order valence-corrected chi connectivity index (χ4v) is 6.26. The molecule has 7 rings (SSSR count). The van der Waals surface area contributed by atoms with E-state index in [0.717, 1.165) is 45.3 Å². The number of hydrogen-bond donors (Lipinski definition) is 0. The third kappa shape index (κ3) is 7.51. The zero-order chi connectivity index (χ0) is 34.1. The van der Waals surface area contributed by atoms with Crippen LogP contribution in [0.25, 0.3) is 24.3 Å². The molecule has 7 aromatic carbocycles. The number of rotatable bonds is 10. The lowest BCUT2D eigenvalue weighted by atomic mass is 9.98. The van der Waals surface area contributed by atoms with E-state index in [0.29, 0.717) is 0 Å². The molecule has 0 atom stereocenters. The molecule has 50 heavy (non-hydrogen) atoms. The van der Waals surface area contributed by atoms with E-state index >= 15 is 0 Å². The Bertz CT molecular complexity index is 1940. The van der Waals surface area contributed by atoms with Gasteiger partial charge in [0.25, 0.3) is 0 Å². The third-order valence-electron chi connectivity index (χ3n) is 8.93. The monoisotopic (exact) mass is 644 g/mol. The summed E-state index contributed by atoms with van der Waals surface area (Å²) in [5.74, 6) is 0. The summed E-state index contributed by atoms with van der Waals surface area (Å²) in [5, 5.41) is 0. The highest BCUT2D eigenvalue weighted by molar-refractivity contribution is 5.81. The Balaban J connectivity index is 1.06. The first-order valence-corrected chi connectivity index (χ1v) is 17.1. The lowest BCUT2D eigenvalue weighted by Crippen LogP contribution is -2.09. The van der Waals surface area contributed by atoms with Crippen molar-refractivity contribution in [3.05, 3.63) is 215 Å². The smallest absolute Gasteiger partial charge is 0.0462 e. The average Bonchev–Trinajstić information content (AvgIpc) is 3.17. The number of anilines is 6. The molecule has 0 bridgehead atoms. The first kappa shape index (κ1) is 32.2. The van der Waals surface area contributed by atoms with Gasteiger partial charge in [0.1, 0.15) is 0 Å². The van der Waals surface area contributed by atoms with Crippen molar-refractivity contribution in [2.75, 3.05) is 9.80 Å². The summed E-state index contributed by atoms with van der Waals surface area (Å²) < 4.78 is 0. The molecule has 0 aliphatic heterocycles. The Hall–Kier alpha value is -6.38. The SMILES string of the molecule is Cc1cc(C=Cc2ccc(N(c3ccccc3)c3ccccc3)cc2)c(C)cc1C=Cc1ccc(N(c2ccccc2)c2ccccc2)cc1. The van der Waals surface area contributed by atoms with Crippen molar-refractivity contribution in [1.82, 2.24) is 0 Å². The van der Waals surface area contributed by atoms with Crippen LogP contribution in [0.3, 0.4) is 0 Å². The van der Waals surface area contributed by atoms with E-state index in [2.05, 4.69) is 230 Å². The minimum absolute atomic E-state index is 1.13. The predicted octanol–water partition coefficient (Wildman–Crippen LogP) is 13.6. The number of benzene rings is 7. The molecule has 7 aromatic rings. The molecule has 2 nitrogen and oxygen atoms in total. The van der Waals surface area contributed by atoms with Crippen molar-refractivity contribution in [2.24, 2.45) is 0 Å². The molecule has 0 heterocycles. The molecule has 0 aliphatic rings. The van der Waals surface area contributed by atoms with Crippen molar-refractivity contribution >= 4 is 58.4 Å². The molecule has 2 heteroatoms. The van der Waals surface area contributed by atoms with Crippen LogP contribution in [-0.4, -0.2) is 0 Å². The van der Waals surface area contributed by atoms with Gasteiger partial charge < -0.3 is 9.80 Å². The Morgan fingerprint density at radius 1 is 0.300 bits per heavy atom. The second-order valence-corrected chi connectivity index (χ2v) is 12.4. The van der Waals surface area contributed by atoms with E-state index in [1.54, 1.807) is 0 Å². The molecule has 0 aromatic heterocycles. The largest absolute Gasteiger partial charge is 0.311 e. The average molecular weight is 645 g/mol. The highest BCUT2D eigenvalue weighted by Gasteiger charge is 2.13. The molecule has 0 amide bonds. The van der Waals surface area contributed by atoms with Crippen LogP contribution in [0.4, 0.5) is 34.1 Å². The maximum Gasteiger partial charge on any atom is 0.0462 e. The number of para-hydroxylation sites is 4. The fourth-order valence-electron chi connectivity index (χ4n) is 6.26. The van der Waals surface area contributed by atoms with Crippen LogP contribution in [0.1, 0.15) is 33.4 Å². The van der Waals surface area contributed by atoms with Crippen molar-refractivity contribution in [3.63, 3.8) is 0 Å². The molecule has 0 unspecified atom stereocenters. The molecule has 242 valence electrons. The van der Waals surface area contributed by atoms with E-state index in [1.807, 2.05) is 0 Å². The van der Waals surface area contributed by atoms with Gasteiger partial charge in [0.05, 0.1) is 0 Å². The molecule has 0 aliphatic carbocycles. The maximum atomic E-state index is 2.28. The third-order valence-corrected chi connectivity index (χ3v) is 8.93. The standard InChI is InChI=1S/C48H40N2/c1-37-35-42(30-24-40-27-33-48(34-28-40)50(45-19-11-5-12-20-45)46-21-13-6-14-22-46)38(2)36-41(37)29-23-39-25-31-47(32-26-39)49(43-15-7-3-8-16-43)44-17-9-4-10-18-44/h3-36H,1-2H3. The molecule has 0 radical (unpaired) electrons. The Kier molecular flexibility index (Phi) is 9.80. The summed E-state index contributed by atoms with van der Waals surface area (Å²) in [6, 6.07) is 64.1. The number of hydrogen-bond acceptors (Lipinski definition) is 2. The first-order valence-electron chi connectivity index (χ1n) is 17.1. The van der Waals surface area contributed by atoms with Crippen molar-refractivity contribution in [3.8, 4) is 0 Å². The van der Waals surface area contributed by atoms with E-state index in [4.69, 9.17) is 0 Å².